The van der Waals surface area contributed by atoms with Crippen LogP contribution >= 0.6 is 11.8 Å². The van der Waals surface area contributed by atoms with E-state index in [1.54, 1.807) is 25.3 Å². The Labute approximate surface area is 199 Å². The van der Waals surface area contributed by atoms with Gasteiger partial charge in [0.15, 0.2) is 11.0 Å². The lowest BCUT2D eigenvalue weighted by atomic mass is 9.82. The van der Waals surface area contributed by atoms with Crippen molar-refractivity contribution in [3.8, 4) is 18.1 Å². The van der Waals surface area contributed by atoms with E-state index in [2.05, 4.69) is 26.2 Å². The maximum absolute atomic E-state index is 15.0. The van der Waals surface area contributed by atoms with Crippen LogP contribution in [0.5, 0.6) is 5.75 Å². The number of nitrogens with one attached hydrogen (secondary N) is 1. The molecule has 1 aliphatic rings. The molecule has 2 aromatic heterocycles. The van der Waals surface area contributed by atoms with Gasteiger partial charge in [0.25, 0.3) is 0 Å². The lowest BCUT2D eigenvalue weighted by Gasteiger charge is -2.40. The molecule has 0 aliphatic carbocycles. The molecule has 176 valence electrons. The van der Waals surface area contributed by atoms with Crippen LogP contribution < -0.4 is 15.8 Å². The average Bonchev–Trinajstić information content (AvgIpc) is 2.83. The zero-order valence-corrected chi connectivity index (χ0v) is 19.2. The van der Waals surface area contributed by atoms with Gasteiger partial charge >= 0.3 is 0 Å². The SMILES string of the molecule is C#CCOc1cnc2c(Nc3ccc(F)c([C@]4(CF)C[C@](C)(CO)SC(N)=N4)c3)nccc2c1. The number of hydrogen-bond donors (Lipinski definition) is 3. The first-order chi connectivity index (χ1) is 16.3. The lowest BCUT2D eigenvalue weighted by molar-refractivity contribution is 0.199. The Bertz CT molecular complexity index is 1300. The first kappa shape index (κ1) is 23.7. The van der Waals surface area contributed by atoms with E-state index < -0.39 is 22.8 Å². The molecule has 3 heterocycles. The molecule has 0 spiro atoms. The number of pyridine rings is 2. The van der Waals surface area contributed by atoms with Crippen molar-refractivity contribution in [1.82, 2.24) is 9.97 Å². The van der Waals surface area contributed by atoms with Crippen molar-refractivity contribution in [3.05, 3.63) is 54.1 Å². The minimum atomic E-state index is -1.55. The summed E-state index contributed by atoms with van der Waals surface area (Å²) >= 11 is 1.15. The average molecular weight is 484 g/mol. The number of aliphatic hydroxyl groups is 1. The molecule has 0 radical (unpaired) electrons. The number of thioether (sulfide) groups is 1. The van der Waals surface area contributed by atoms with E-state index in [0.29, 0.717) is 22.8 Å². The summed E-state index contributed by atoms with van der Waals surface area (Å²) in [7, 11) is 0. The van der Waals surface area contributed by atoms with E-state index in [4.69, 9.17) is 16.9 Å². The third-order valence-electron chi connectivity index (χ3n) is 5.52. The number of terminal acetylenes is 1. The molecule has 0 fully saturated rings. The van der Waals surface area contributed by atoms with E-state index in [-0.39, 0.29) is 30.4 Å². The number of ether oxygens (including phenoxy) is 1. The van der Waals surface area contributed by atoms with Crippen molar-refractivity contribution >= 4 is 39.3 Å². The number of fused-ring (bicyclic) bond motifs is 1. The van der Waals surface area contributed by atoms with Crippen LogP contribution in [0.3, 0.4) is 0 Å². The Balaban J connectivity index is 1.71. The molecule has 0 saturated carbocycles. The Morgan fingerprint density at radius 2 is 2.15 bits per heavy atom. The molecule has 1 aromatic carbocycles. The number of rotatable bonds is 7. The normalized spacial score (nSPS) is 22.1. The standard InChI is InChI=1S/C24H23F2N5O2S/c1-3-8-33-17-9-15-6-7-28-21(20(15)29-11-17)30-16-4-5-19(26)18(10-16)24(13-25)12-23(2,14-32)34-22(27)31-24/h1,4-7,9-11,32H,8,12-14H2,2H3,(H2,27,31)(H,28,30)/t23-,24-/m1/s1. The molecule has 10 heteroatoms. The van der Waals surface area contributed by atoms with Crippen molar-refractivity contribution < 1.29 is 18.6 Å². The summed E-state index contributed by atoms with van der Waals surface area (Å²) in [6.45, 7) is 0.641. The molecule has 1 aliphatic heterocycles. The quantitative estimate of drug-likeness (QED) is 0.438. The summed E-state index contributed by atoms with van der Waals surface area (Å²) < 4.78 is 34.1. The van der Waals surface area contributed by atoms with Crippen LogP contribution in [0.2, 0.25) is 0 Å². The van der Waals surface area contributed by atoms with Crippen LogP contribution in [-0.2, 0) is 5.54 Å². The fourth-order valence-electron chi connectivity index (χ4n) is 4.00. The molecule has 0 amide bonds. The van der Waals surface area contributed by atoms with Crippen LogP contribution in [-0.4, -0.2) is 44.9 Å². The lowest BCUT2D eigenvalue weighted by Crippen LogP contribution is -2.45. The molecular weight excluding hydrogens is 460 g/mol. The molecule has 0 unspecified atom stereocenters. The summed E-state index contributed by atoms with van der Waals surface area (Å²) in [5, 5.41) is 13.8. The zero-order chi connectivity index (χ0) is 24.3. The van der Waals surface area contributed by atoms with Crippen LogP contribution in [0, 0.1) is 18.2 Å². The zero-order valence-electron chi connectivity index (χ0n) is 18.4. The van der Waals surface area contributed by atoms with Crippen molar-refractivity contribution in [3.63, 3.8) is 0 Å². The highest BCUT2D eigenvalue weighted by Crippen LogP contribution is 2.46. The Hall–Kier alpha value is -3.42. The van der Waals surface area contributed by atoms with Gasteiger partial charge in [0.2, 0.25) is 0 Å². The molecule has 4 N–H and O–H groups in total. The van der Waals surface area contributed by atoms with Gasteiger partial charge in [-0.05, 0) is 43.7 Å². The maximum atomic E-state index is 15.0. The summed E-state index contributed by atoms with van der Waals surface area (Å²) in [6, 6.07) is 7.81. The number of aromatic nitrogens is 2. The number of anilines is 2. The van der Waals surface area contributed by atoms with Crippen LogP contribution in [0.4, 0.5) is 20.3 Å². The fraction of sp³-hybridized carbons (Fsp3) is 0.292. The third kappa shape index (κ3) is 4.62. The van der Waals surface area contributed by atoms with Crippen molar-refractivity contribution in [2.45, 2.75) is 23.6 Å². The van der Waals surface area contributed by atoms with Crippen molar-refractivity contribution in [2.75, 3.05) is 25.2 Å². The number of aliphatic hydroxyl groups excluding tert-OH is 1. The number of nitrogens with zero attached hydrogens (tertiary/aromatic N) is 3. The Morgan fingerprint density at radius 1 is 1.32 bits per heavy atom. The number of aliphatic imine (C=N–C) groups is 1. The number of halogens is 2. The Morgan fingerprint density at radius 3 is 2.88 bits per heavy atom. The number of amidine groups is 1. The number of alkyl halides is 1. The number of hydrogen-bond acceptors (Lipinski definition) is 8. The summed E-state index contributed by atoms with van der Waals surface area (Å²) in [5.74, 6) is 2.73. The van der Waals surface area contributed by atoms with Crippen LogP contribution in [0.1, 0.15) is 18.9 Å². The van der Waals surface area contributed by atoms with E-state index >= 15 is 0 Å². The van der Waals surface area contributed by atoms with Crippen molar-refractivity contribution in [1.29, 1.82) is 0 Å². The van der Waals surface area contributed by atoms with Crippen LogP contribution in [0.15, 0.2) is 47.7 Å². The highest BCUT2D eigenvalue weighted by molar-refractivity contribution is 8.15. The highest BCUT2D eigenvalue weighted by atomic mass is 32.2. The van der Waals surface area contributed by atoms with Gasteiger partial charge in [0, 0.05) is 27.6 Å². The van der Waals surface area contributed by atoms with Crippen LogP contribution in [0.25, 0.3) is 10.9 Å². The smallest absolute Gasteiger partial charge is 0.156 e. The molecule has 4 rings (SSSR count). The topological polar surface area (TPSA) is 106 Å². The molecular formula is C24H23F2N5O2S. The van der Waals surface area contributed by atoms with E-state index in [1.807, 2.05) is 0 Å². The number of benzene rings is 1. The van der Waals surface area contributed by atoms with Gasteiger partial charge in [-0.2, -0.15) is 0 Å². The van der Waals surface area contributed by atoms with Gasteiger partial charge in [-0.1, -0.05) is 17.7 Å². The van der Waals surface area contributed by atoms with Gasteiger partial charge < -0.3 is 20.9 Å². The molecule has 7 nitrogen and oxygen atoms in total. The second kappa shape index (κ2) is 9.44. The third-order valence-corrected chi connectivity index (χ3v) is 6.59. The highest BCUT2D eigenvalue weighted by Gasteiger charge is 2.46. The van der Waals surface area contributed by atoms with Gasteiger partial charge in [-0.3, -0.25) is 0 Å². The first-order valence-electron chi connectivity index (χ1n) is 10.4. The van der Waals surface area contributed by atoms with Gasteiger partial charge in [-0.15, -0.1) is 6.42 Å². The van der Waals surface area contributed by atoms with Crippen molar-refractivity contribution in [2.24, 2.45) is 10.7 Å². The predicted molar refractivity (Wildman–Crippen MR) is 131 cm³/mol. The molecule has 34 heavy (non-hydrogen) atoms. The summed E-state index contributed by atoms with van der Waals surface area (Å²) in [5.41, 5.74) is 5.47. The minimum Gasteiger partial charge on any atom is -0.479 e. The second-order valence-electron chi connectivity index (χ2n) is 8.22. The molecule has 0 bridgehead atoms. The van der Waals surface area contributed by atoms with E-state index in [0.717, 1.165) is 17.1 Å². The number of nitrogens with two attached hydrogens (primary N) is 1. The predicted octanol–water partition coefficient (Wildman–Crippen LogP) is 3.89. The molecule has 2 atom stereocenters. The van der Waals surface area contributed by atoms with Gasteiger partial charge in [0.05, 0.1) is 12.8 Å². The maximum Gasteiger partial charge on any atom is 0.156 e. The van der Waals surface area contributed by atoms with Gasteiger partial charge in [-0.25, -0.2) is 23.7 Å². The minimum absolute atomic E-state index is 0.0427. The summed E-state index contributed by atoms with van der Waals surface area (Å²) in [4.78, 5) is 13.0. The first-order valence-corrected chi connectivity index (χ1v) is 11.2. The van der Waals surface area contributed by atoms with E-state index in [9.17, 15) is 13.9 Å². The largest absolute Gasteiger partial charge is 0.479 e. The Kier molecular flexibility index (Phi) is 6.59. The van der Waals surface area contributed by atoms with Gasteiger partial charge in [0.1, 0.15) is 35.9 Å². The molecule has 0 saturated heterocycles. The van der Waals surface area contributed by atoms with E-state index in [1.165, 1.54) is 24.4 Å². The monoisotopic (exact) mass is 483 g/mol. The second-order valence-corrected chi connectivity index (χ2v) is 9.82. The molecule has 3 aromatic rings. The summed E-state index contributed by atoms with van der Waals surface area (Å²) in [6.07, 6.45) is 8.44. The fourth-order valence-corrected chi connectivity index (χ4v) is 5.11.